The van der Waals surface area contributed by atoms with Gasteiger partial charge >= 0.3 is 0 Å². The Labute approximate surface area is 203 Å². The minimum absolute atomic E-state index is 0.0900. The summed E-state index contributed by atoms with van der Waals surface area (Å²) in [5, 5.41) is 14.4. The fourth-order valence-electron chi connectivity index (χ4n) is 4.15. The number of nitrogens with one attached hydrogen (secondary N) is 3. The Morgan fingerprint density at radius 3 is 2.63 bits per heavy atom. The standard InChI is InChI=1S/C23H29FN6O4S/c1-34-21-6-4-17(35(25,32)33)14-19(21)29-22(31)15-3-5-20(18(24)13-15)30-11-7-16(8-12-30)28-23-26-9-2-10-27-23/h3-6,13-14,16H,2,7-12H2,1H3,(H,29,31)(H2,25,32,33)(H2,26,27,28). The van der Waals surface area contributed by atoms with Crippen LogP contribution in [0, 0.1) is 5.82 Å². The van der Waals surface area contributed by atoms with E-state index in [1.165, 1.54) is 37.4 Å². The first-order valence-corrected chi connectivity index (χ1v) is 12.9. The average molecular weight is 505 g/mol. The van der Waals surface area contributed by atoms with E-state index in [-0.39, 0.29) is 27.9 Å². The summed E-state index contributed by atoms with van der Waals surface area (Å²) < 4.78 is 43.5. The number of amides is 1. The van der Waals surface area contributed by atoms with Gasteiger partial charge in [-0.25, -0.2) is 17.9 Å². The van der Waals surface area contributed by atoms with E-state index in [4.69, 9.17) is 9.88 Å². The van der Waals surface area contributed by atoms with Gasteiger partial charge in [-0.2, -0.15) is 0 Å². The number of nitrogens with zero attached hydrogens (tertiary/aromatic N) is 2. The monoisotopic (exact) mass is 504 g/mol. The zero-order chi connectivity index (χ0) is 25.0. The number of carbonyl (C=O) groups excluding carboxylic acids is 1. The van der Waals surface area contributed by atoms with Crippen molar-refractivity contribution in [2.45, 2.75) is 30.2 Å². The summed E-state index contributed by atoms with van der Waals surface area (Å²) in [6.45, 7) is 3.08. The second-order valence-electron chi connectivity index (χ2n) is 8.44. The lowest BCUT2D eigenvalue weighted by atomic mass is 10.0. The molecule has 2 aromatic rings. The smallest absolute Gasteiger partial charge is 0.255 e. The number of halogens is 1. The highest BCUT2D eigenvalue weighted by atomic mass is 32.2. The summed E-state index contributed by atoms with van der Waals surface area (Å²) in [6.07, 6.45) is 2.71. The predicted molar refractivity (Wildman–Crippen MR) is 132 cm³/mol. The minimum atomic E-state index is -3.97. The van der Waals surface area contributed by atoms with Crippen LogP contribution >= 0.6 is 0 Å². The molecule has 0 unspecified atom stereocenters. The fraction of sp³-hybridized carbons (Fsp3) is 0.391. The van der Waals surface area contributed by atoms with E-state index in [0.717, 1.165) is 38.3 Å². The molecular formula is C23H29FN6O4S. The van der Waals surface area contributed by atoms with Crippen molar-refractivity contribution in [3.8, 4) is 5.75 Å². The van der Waals surface area contributed by atoms with Gasteiger partial charge in [0.1, 0.15) is 11.6 Å². The molecule has 4 rings (SSSR count). The molecule has 0 aliphatic carbocycles. The third-order valence-corrected chi connectivity index (χ3v) is 6.94. The Morgan fingerprint density at radius 2 is 2.00 bits per heavy atom. The first-order chi connectivity index (χ1) is 16.7. The van der Waals surface area contributed by atoms with Gasteiger partial charge in [0.25, 0.3) is 5.91 Å². The Hall–Kier alpha value is -3.38. The fourth-order valence-corrected chi connectivity index (χ4v) is 4.69. The maximum Gasteiger partial charge on any atom is 0.255 e. The SMILES string of the molecule is COc1ccc(S(N)(=O)=O)cc1NC(=O)c1ccc(N2CCC(NC3=NCCCN3)CC2)c(F)c1. The summed E-state index contributed by atoms with van der Waals surface area (Å²) >= 11 is 0. The highest BCUT2D eigenvalue weighted by Gasteiger charge is 2.23. The number of rotatable bonds is 6. The molecular weight excluding hydrogens is 475 g/mol. The van der Waals surface area contributed by atoms with Crippen molar-refractivity contribution in [3.63, 3.8) is 0 Å². The van der Waals surface area contributed by atoms with Crippen molar-refractivity contribution in [1.29, 1.82) is 0 Å². The highest BCUT2D eigenvalue weighted by Crippen LogP contribution is 2.29. The van der Waals surface area contributed by atoms with Crippen LogP contribution in [-0.4, -0.2) is 59.6 Å². The number of piperidine rings is 1. The third-order valence-electron chi connectivity index (χ3n) is 6.03. The van der Waals surface area contributed by atoms with Gasteiger partial charge in [0.2, 0.25) is 10.0 Å². The molecule has 0 atom stereocenters. The van der Waals surface area contributed by atoms with Crippen LogP contribution in [-0.2, 0) is 10.0 Å². The van der Waals surface area contributed by atoms with Gasteiger partial charge in [-0.1, -0.05) is 0 Å². The van der Waals surface area contributed by atoms with E-state index in [9.17, 15) is 17.6 Å². The topological polar surface area (TPSA) is 138 Å². The molecule has 2 aromatic carbocycles. The lowest BCUT2D eigenvalue weighted by molar-refractivity contribution is 0.102. The number of guanidine groups is 1. The van der Waals surface area contributed by atoms with Gasteiger partial charge in [-0.3, -0.25) is 9.79 Å². The minimum Gasteiger partial charge on any atom is -0.495 e. The number of primary sulfonamides is 1. The Morgan fingerprint density at radius 1 is 1.23 bits per heavy atom. The first kappa shape index (κ1) is 24.7. The van der Waals surface area contributed by atoms with E-state index in [2.05, 4.69) is 20.9 Å². The number of benzene rings is 2. The van der Waals surface area contributed by atoms with Gasteiger partial charge in [-0.05, 0) is 55.7 Å². The summed E-state index contributed by atoms with van der Waals surface area (Å²) in [5.41, 5.74) is 0.634. The molecule has 12 heteroatoms. The van der Waals surface area contributed by atoms with Crippen LogP contribution in [0.25, 0.3) is 0 Å². The van der Waals surface area contributed by atoms with Crippen LogP contribution in [0.15, 0.2) is 46.3 Å². The van der Waals surface area contributed by atoms with Crippen molar-refractivity contribution in [2.75, 3.05) is 43.5 Å². The number of nitrogens with two attached hydrogens (primary N) is 1. The normalized spacial score (nSPS) is 16.8. The van der Waals surface area contributed by atoms with Gasteiger partial charge < -0.3 is 25.6 Å². The molecule has 0 spiro atoms. The van der Waals surface area contributed by atoms with Crippen molar-refractivity contribution < 1.29 is 22.3 Å². The molecule has 1 saturated heterocycles. The van der Waals surface area contributed by atoms with E-state index in [0.29, 0.717) is 18.8 Å². The van der Waals surface area contributed by atoms with Crippen LogP contribution in [0.2, 0.25) is 0 Å². The highest BCUT2D eigenvalue weighted by molar-refractivity contribution is 7.89. The molecule has 10 nitrogen and oxygen atoms in total. The molecule has 2 aliphatic heterocycles. The Kier molecular flexibility index (Phi) is 7.41. The second-order valence-corrected chi connectivity index (χ2v) is 10.0. The van der Waals surface area contributed by atoms with Crippen LogP contribution < -0.4 is 30.7 Å². The molecule has 2 heterocycles. The molecule has 2 aliphatic rings. The molecule has 1 amide bonds. The van der Waals surface area contributed by atoms with Crippen molar-refractivity contribution in [3.05, 3.63) is 47.8 Å². The number of sulfonamides is 1. The van der Waals surface area contributed by atoms with Gasteiger partial charge in [0.15, 0.2) is 5.96 Å². The summed E-state index contributed by atoms with van der Waals surface area (Å²) in [6, 6.07) is 8.42. The second kappa shape index (κ2) is 10.5. The van der Waals surface area contributed by atoms with Crippen LogP contribution in [0.5, 0.6) is 5.75 Å². The average Bonchev–Trinajstić information content (AvgIpc) is 2.84. The molecule has 0 radical (unpaired) electrons. The number of aliphatic imine (C=N–C) groups is 1. The van der Waals surface area contributed by atoms with Gasteiger partial charge in [0.05, 0.1) is 23.4 Å². The zero-order valence-electron chi connectivity index (χ0n) is 19.4. The molecule has 0 aromatic heterocycles. The van der Waals surface area contributed by atoms with Gasteiger partial charge in [-0.15, -0.1) is 0 Å². The Balaban J connectivity index is 1.41. The number of methoxy groups -OCH3 is 1. The molecule has 188 valence electrons. The number of ether oxygens (including phenoxy) is 1. The summed E-state index contributed by atoms with van der Waals surface area (Å²) in [7, 11) is -2.59. The maximum atomic E-state index is 15.0. The van der Waals surface area contributed by atoms with Crippen LogP contribution in [0.1, 0.15) is 29.6 Å². The number of anilines is 2. The lowest BCUT2D eigenvalue weighted by Gasteiger charge is -2.35. The van der Waals surface area contributed by atoms with Crippen molar-refractivity contribution in [1.82, 2.24) is 10.6 Å². The first-order valence-electron chi connectivity index (χ1n) is 11.4. The molecule has 0 saturated carbocycles. The number of hydrogen-bond acceptors (Lipinski definition) is 8. The zero-order valence-corrected chi connectivity index (χ0v) is 20.2. The van der Waals surface area contributed by atoms with Crippen molar-refractivity contribution >= 4 is 33.3 Å². The van der Waals surface area contributed by atoms with Crippen molar-refractivity contribution in [2.24, 2.45) is 10.1 Å². The number of hydrogen-bond donors (Lipinski definition) is 4. The molecule has 5 N–H and O–H groups in total. The molecule has 0 bridgehead atoms. The van der Waals surface area contributed by atoms with Crippen LogP contribution in [0.4, 0.5) is 15.8 Å². The van der Waals surface area contributed by atoms with Crippen LogP contribution in [0.3, 0.4) is 0 Å². The third kappa shape index (κ3) is 6.01. The largest absolute Gasteiger partial charge is 0.495 e. The molecule has 35 heavy (non-hydrogen) atoms. The lowest BCUT2D eigenvalue weighted by Crippen LogP contribution is -2.50. The summed E-state index contributed by atoms with van der Waals surface area (Å²) in [4.78, 5) is 19.0. The van der Waals surface area contributed by atoms with E-state index in [1.807, 2.05) is 4.90 Å². The maximum absolute atomic E-state index is 15.0. The quantitative estimate of drug-likeness (QED) is 0.469. The molecule has 1 fully saturated rings. The van der Waals surface area contributed by atoms with Gasteiger partial charge in [0, 0.05) is 37.8 Å². The summed E-state index contributed by atoms with van der Waals surface area (Å²) in [5.74, 6) is -0.0344. The predicted octanol–water partition coefficient (Wildman–Crippen LogP) is 1.64. The number of carbonyl (C=O) groups is 1. The van der Waals surface area contributed by atoms with E-state index in [1.54, 1.807) is 6.07 Å². The van der Waals surface area contributed by atoms with E-state index < -0.39 is 21.7 Å². The Bertz CT molecular complexity index is 1230. The van der Waals surface area contributed by atoms with E-state index >= 15 is 0 Å².